The third-order valence-electron chi connectivity index (χ3n) is 5.55. The van der Waals surface area contributed by atoms with Crippen molar-refractivity contribution in [3.05, 3.63) is 53.6 Å². The number of benzene rings is 2. The largest absolute Gasteiger partial charge is 0.493 e. The Morgan fingerprint density at radius 1 is 1.07 bits per heavy atom. The molecule has 1 aliphatic heterocycles. The highest BCUT2D eigenvalue weighted by Gasteiger charge is 2.20. The zero-order chi connectivity index (χ0) is 21.5. The smallest absolute Gasteiger partial charge is 0.161 e. The second kappa shape index (κ2) is 10.5. The SMILES string of the molecule is CCc1ccc(N2CCN(CC(O)COc3ccc(C(C)=O)cc3OC)CC2)cc1. The van der Waals surface area contributed by atoms with Gasteiger partial charge < -0.3 is 19.5 Å². The molecule has 0 aliphatic carbocycles. The van der Waals surface area contributed by atoms with Crippen LogP contribution in [0, 0.1) is 0 Å². The number of rotatable bonds is 9. The minimum Gasteiger partial charge on any atom is -0.493 e. The number of aliphatic hydroxyl groups is 1. The Labute approximate surface area is 179 Å². The standard InChI is InChI=1S/C24H32N2O4/c1-4-19-5-8-21(9-6-19)26-13-11-25(12-14-26)16-22(28)17-30-23-10-7-20(18(2)27)15-24(23)29-3/h5-10,15,22,28H,4,11-14,16-17H2,1-3H3. The fourth-order valence-corrected chi connectivity index (χ4v) is 3.67. The first-order chi connectivity index (χ1) is 14.5. The second-order valence-electron chi connectivity index (χ2n) is 7.69. The summed E-state index contributed by atoms with van der Waals surface area (Å²) < 4.78 is 11.1. The van der Waals surface area contributed by atoms with Crippen LogP contribution in [0.5, 0.6) is 11.5 Å². The van der Waals surface area contributed by atoms with Crippen molar-refractivity contribution in [1.82, 2.24) is 4.90 Å². The Morgan fingerprint density at radius 3 is 2.37 bits per heavy atom. The molecule has 1 heterocycles. The van der Waals surface area contributed by atoms with Gasteiger partial charge in [0.15, 0.2) is 17.3 Å². The van der Waals surface area contributed by atoms with Crippen LogP contribution in [-0.4, -0.2) is 68.3 Å². The summed E-state index contributed by atoms with van der Waals surface area (Å²) >= 11 is 0. The lowest BCUT2D eigenvalue weighted by Crippen LogP contribution is -2.49. The molecular formula is C24H32N2O4. The van der Waals surface area contributed by atoms with Crippen LogP contribution in [0.15, 0.2) is 42.5 Å². The highest BCUT2D eigenvalue weighted by molar-refractivity contribution is 5.94. The normalized spacial score (nSPS) is 15.7. The number of piperazine rings is 1. The number of carbonyl (C=O) groups is 1. The molecule has 0 amide bonds. The molecule has 6 nitrogen and oxygen atoms in total. The first-order valence-electron chi connectivity index (χ1n) is 10.6. The number of methoxy groups -OCH3 is 1. The third kappa shape index (κ3) is 5.74. The summed E-state index contributed by atoms with van der Waals surface area (Å²) in [6.45, 7) is 8.12. The summed E-state index contributed by atoms with van der Waals surface area (Å²) in [7, 11) is 1.54. The van der Waals surface area contributed by atoms with E-state index in [-0.39, 0.29) is 12.4 Å². The number of ketones is 1. The molecule has 1 fully saturated rings. The van der Waals surface area contributed by atoms with E-state index in [1.807, 2.05) is 0 Å². The van der Waals surface area contributed by atoms with Crippen molar-refractivity contribution >= 4 is 11.5 Å². The second-order valence-corrected chi connectivity index (χ2v) is 7.69. The van der Waals surface area contributed by atoms with Gasteiger partial charge in [-0.15, -0.1) is 0 Å². The molecule has 1 atom stereocenters. The van der Waals surface area contributed by atoms with Gasteiger partial charge in [-0.05, 0) is 49.2 Å². The molecule has 1 N–H and O–H groups in total. The van der Waals surface area contributed by atoms with Crippen LogP contribution >= 0.6 is 0 Å². The van der Waals surface area contributed by atoms with Crippen LogP contribution in [-0.2, 0) is 6.42 Å². The predicted molar refractivity (Wildman–Crippen MR) is 119 cm³/mol. The third-order valence-corrected chi connectivity index (χ3v) is 5.55. The van der Waals surface area contributed by atoms with Crippen molar-refractivity contribution in [2.75, 3.05) is 51.3 Å². The molecule has 0 saturated carbocycles. The lowest BCUT2D eigenvalue weighted by Gasteiger charge is -2.37. The Kier molecular flexibility index (Phi) is 7.71. The summed E-state index contributed by atoms with van der Waals surface area (Å²) in [5.41, 5.74) is 3.19. The summed E-state index contributed by atoms with van der Waals surface area (Å²) in [6.07, 6.45) is 0.457. The molecule has 0 radical (unpaired) electrons. The minimum atomic E-state index is -0.599. The molecular weight excluding hydrogens is 380 g/mol. The number of Topliss-reactive ketones (excluding diaryl/α,β-unsaturated/α-hetero) is 1. The van der Waals surface area contributed by atoms with Gasteiger partial charge in [-0.2, -0.15) is 0 Å². The van der Waals surface area contributed by atoms with Crippen LogP contribution in [0.25, 0.3) is 0 Å². The molecule has 1 aliphatic rings. The number of aliphatic hydroxyl groups excluding tert-OH is 1. The van der Waals surface area contributed by atoms with E-state index in [0.717, 1.165) is 32.6 Å². The van der Waals surface area contributed by atoms with Crippen molar-refractivity contribution in [3.63, 3.8) is 0 Å². The van der Waals surface area contributed by atoms with Gasteiger partial charge in [0, 0.05) is 44.0 Å². The minimum absolute atomic E-state index is 0.0275. The van der Waals surface area contributed by atoms with Crippen LogP contribution in [0.4, 0.5) is 5.69 Å². The van der Waals surface area contributed by atoms with Gasteiger partial charge in [-0.25, -0.2) is 0 Å². The van der Waals surface area contributed by atoms with E-state index in [2.05, 4.69) is 41.0 Å². The van der Waals surface area contributed by atoms with E-state index in [1.54, 1.807) is 18.2 Å². The molecule has 0 bridgehead atoms. The molecule has 162 valence electrons. The van der Waals surface area contributed by atoms with Crippen molar-refractivity contribution < 1.29 is 19.4 Å². The molecule has 2 aromatic carbocycles. The number of aryl methyl sites for hydroxylation is 1. The van der Waals surface area contributed by atoms with E-state index in [4.69, 9.17) is 9.47 Å². The lowest BCUT2D eigenvalue weighted by molar-refractivity contribution is 0.0653. The average Bonchev–Trinajstić information content (AvgIpc) is 2.78. The Bertz CT molecular complexity index is 830. The van der Waals surface area contributed by atoms with Crippen molar-refractivity contribution in [1.29, 1.82) is 0 Å². The zero-order valence-corrected chi connectivity index (χ0v) is 18.1. The van der Waals surface area contributed by atoms with Crippen molar-refractivity contribution in [2.24, 2.45) is 0 Å². The number of carbonyl (C=O) groups excluding carboxylic acids is 1. The molecule has 1 unspecified atom stereocenters. The van der Waals surface area contributed by atoms with Gasteiger partial charge in [0.05, 0.1) is 7.11 Å². The Hall–Kier alpha value is -2.57. The number of hydrogen-bond donors (Lipinski definition) is 1. The number of β-amino-alcohol motifs (C(OH)–C–C–N with tert-alkyl or cyclic N) is 1. The Morgan fingerprint density at radius 2 is 1.77 bits per heavy atom. The highest BCUT2D eigenvalue weighted by atomic mass is 16.5. The Balaban J connectivity index is 1.46. The van der Waals surface area contributed by atoms with Crippen LogP contribution < -0.4 is 14.4 Å². The molecule has 30 heavy (non-hydrogen) atoms. The van der Waals surface area contributed by atoms with Gasteiger partial charge >= 0.3 is 0 Å². The van der Waals surface area contributed by atoms with Gasteiger partial charge in [0.2, 0.25) is 0 Å². The molecule has 2 aromatic rings. The zero-order valence-electron chi connectivity index (χ0n) is 18.1. The maximum atomic E-state index is 11.5. The number of ether oxygens (including phenoxy) is 2. The summed E-state index contributed by atoms with van der Waals surface area (Å²) in [5.74, 6) is 1.000. The summed E-state index contributed by atoms with van der Waals surface area (Å²) in [4.78, 5) is 16.2. The molecule has 1 saturated heterocycles. The molecule has 0 aromatic heterocycles. The maximum absolute atomic E-state index is 11.5. The molecule has 0 spiro atoms. The number of nitrogens with zero attached hydrogens (tertiary/aromatic N) is 2. The van der Waals surface area contributed by atoms with Gasteiger partial charge in [0.25, 0.3) is 0 Å². The van der Waals surface area contributed by atoms with Crippen LogP contribution in [0.3, 0.4) is 0 Å². The molecule has 3 rings (SSSR count). The van der Waals surface area contributed by atoms with Crippen molar-refractivity contribution in [2.45, 2.75) is 26.4 Å². The number of hydrogen-bond acceptors (Lipinski definition) is 6. The predicted octanol–water partition coefficient (Wildman–Crippen LogP) is 3.02. The van der Waals surface area contributed by atoms with Crippen LogP contribution in [0.1, 0.15) is 29.8 Å². The van der Waals surface area contributed by atoms with E-state index >= 15 is 0 Å². The molecule has 6 heteroatoms. The topological polar surface area (TPSA) is 62.2 Å². The van der Waals surface area contributed by atoms with E-state index in [0.29, 0.717) is 23.6 Å². The average molecular weight is 413 g/mol. The first-order valence-corrected chi connectivity index (χ1v) is 10.6. The van der Waals surface area contributed by atoms with Gasteiger partial charge in [0.1, 0.15) is 12.7 Å². The monoisotopic (exact) mass is 412 g/mol. The van der Waals surface area contributed by atoms with Gasteiger partial charge in [-0.1, -0.05) is 19.1 Å². The fraction of sp³-hybridized carbons (Fsp3) is 0.458. The van der Waals surface area contributed by atoms with E-state index in [1.165, 1.54) is 25.3 Å². The van der Waals surface area contributed by atoms with Crippen molar-refractivity contribution in [3.8, 4) is 11.5 Å². The maximum Gasteiger partial charge on any atom is 0.161 e. The summed E-state index contributed by atoms with van der Waals surface area (Å²) in [5, 5.41) is 10.4. The van der Waals surface area contributed by atoms with Gasteiger partial charge in [-0.3, -0.25) is 9.69 Å². The first kappa shape index (κ1) is 22.1. The number of anilines is 1. The van der Waals surface area contributed by atoms with E-state index < -0.39 is 6.10 Å². The highest BCUT2D eigenvalue weighted by Crippen LogP contribution is 2.28. The van der Waals surface area contributed by atoms with Crippen LogP contribution in [0.2, 0.25) is 0 Å². The lowest BCUT2D eigenvalue weighted by atomic mass is 10.1. The van der Waals surface area contributed by atoms with E-state index in [9.17, 15) is 9.90 Å². The summed E-state index contributed by atoms with van der Waals surface area (Å²) in [6, 6.07) is 13.9. The quantitative estimate of drug-likeness (QED) is 0.639. The fourth-order valence-electron chi connectivity index (χ4n) is 3.67.